The molecule has 2 atom stereocenters. The first-order chi connectivity index (χ1) is 7.72. The highest BCUT2D eigenvalue weighted by Crippen LogP contribution is 2.24. The van der Waals surface area contributed by atoms with Crippen molar-refractivity contribution in [3.05, 3.63) is 0 Å². The van der Waals surface area contributed by atoms with Crippen LogP contribution in [0.2, 0.25) is 0 Å². The number of hydrogen-bond donors (Lipinski definition) is 3. The molecule has 0 bridgehead atoms. The molecule has 2 unspecified atom stereocenters. The molecule has 6 nitrogen and oxygen atoms in total. The van der Waals surface area contributed by atoms with Gasteiger partial charge in [-0.2, -0.15) is 0 Å². The average Bonchev–Trinajstić information content (AvgIpc) is 3.08. The molecule has 1 saturated heterocycles. The summed E-state index contributed by atoms with van der Waals surface area (Å²) in [6.07, 6.45) is 2.23. The van der Waals surface area contributed by atoms with Crippen molar-refractivity contribution in [2.75, 3.05) is 19.7 Å². The molecule has 16 heavy (non-hydrogen) atoms. The summed E-state index contributed by atoms with van der Waals surface area (Å²) in [6, 6.07) is 0.428. The molecule has 0 spiro atoms. The molecule has 1 aliphatic heterocycles. The Morgan fingerprint density at radius 1 is 1.56 bits per heavy atom. The lowest BCUT2D eigenvalue weighted by molar-refractivity contribution is -0.0792. The topological polar surface area (TPSA) is 83.1 Å². The minimum Gasteiger partial charge on any atom is -0.394 e. The van der Waals surface area contributed by atoms with Crippen molar-refractivity contribution in [3.63, 3.8) is 0 Å². The zero-order valence-corrected chi connectivity index (χ0v) is 9.59. The van der Waals surface area contributed by atoms with Crippen molar-refractivity contribution in [1.29, 1.82) is 0 Å². The number of hydrazine groups is 1. The SMILES string of the molecule is CC1CN(C(=NC2CC2)NN)CC(CO)O1. The number of ether oxygens (including phenoxy) is 1. The van der Waals surface area contributed by atoms with Gasteiger partial charge in [0, 0.05) is 13.1 Å². The summed E-state index contributed by atoms with van der Waals surface area (Å²) in [7, 11) is 0. The van der Waals surface area contributed by atoms with E-state index in [2.05, 4.69) is 10.4 Å². The highest BCUT2D eigenvalue weighted by Gasteiger charge is 2.28. The lowest BCUT2D eigenvalue weighted by Gasteiger charge is -2.37. The molecular formula is C10H20N4O2. The highest BCUT2D eigenvalue weighted by atomic mass is 16.5. The molecule has 2 fully saturated rings. The van der Waals surface area contributed by atoms with Gasteiger partial charge in [-0.25, -0.2) is 10.8 Å². The van der Waals surface area contributed by atoms with E-state index < -0.39 is 0 Å². The van der Waals surface area contributed by atoms with E-state index in [-0.39, 0.29) is 18.8 Å². The van der Waals surface area contributed by atoms with E-state index in [1.165, 1.54) is 0 Å². The third-order valence-electron chi connectivity index (χ3n) is 2.81. The van der Waals surface area contributed by atoms with Crippen LogP contribution >= 0.6 is 0 Å². The van der Waals surface area contributed by atoms with Crippen LogP contribution in [-0.4, -0.2) is 53.9 Å². The minimum absolute atomic E-state index is 0.0299. The maximum atomic E-state index is 9.13. The van der Waals surface area contributed by atoms with E-state index in [4.69, 9.17) is 15.7 Å². The molecule has 1 aliphatic carbocycles. The zero-order valence-electron chi connectivity index (χ0n) is 9.59. The monoisotopic (exact) mass is 228 g/mol. The summed E-state index contributed by atoms with van der Waals surface area (Å²) in [5.74, 6) is 6.20. The van der Waals surface area contributed by atoms with Crippen LogP contribution < -0.4 is 11.3 Å². The molecule has 6 heteroatoms. The number of aliphatic hydroxyl groups is 1. The van der Waals surface area contributed by atoms with E-state index in [0.717, 1.165) is 25.3 Å². The minimum atomic E-state index is -0.151. The molecule has 1 heterocycles. The standard InChI is InChI=1S/C10H20N4O2/c1-7-4-14(5-9(6-15)16-7)10(13-11)12-8-2-3-8/h7-9,15H,2-6,11H2,1H3,(H,12,13). The lowest BCUT2D eigenvalue weighted by atomic mass is 10.2. The van der Waals surface area contributed by atoms with E-state index >= 15 is 0 Å². The Kier molecular flexibility index (Phi) is 3.63. The molecule has 0 radical (unpaired) electrons. The predicted molar refractivity (Wildman–Crippen MR) is 60.8 cm³/mol. The largest absolute Gasteiger partial charge is 0.394 e. The first kappa shape index (κ1) is 11.6. The Hall–Kier alpha value is -0.850. The van der Waals surface area contributed by atoms with Crippen LogP contribution in [0.1, 0.15) is 19.8 Å². The molecule has 0 aromatic heterocycles. The van der Waals surface area contributed by atoms with Gasteiger partial charge in [0.2, 0.25) is 5.96 Å². The average molecular weight is 228 g/mol. The number of nitrogens with one attached hydrogen (secondary N) is 1. The smallest absolute Gasteiger partial charge is 0.208 e. The van der Waals surface area contributed by atoms with Gasteiger partial charge in [0.15, 0.2) is 0 Å². The van der Waals surface area contributed by atoms with Crippen LogP contribution in [0.3, 0.4) is 0 Å². The number of aliphatic imine (C=N–C) groups is 1. The fourth-order valence-corrected chi connectivity index (χ4v) is 1.91. The van der Waals surface area contributed by atoms with Crippen LogP contribution in [0.15, 0.2) is 4.99 Å². The van der Waals surface area contributed by atoms with Crippen LogP contribution in [-0.2, 0) is 4.74 Å². The Morgan fingerprint density at radius 3 is 2.88 bits per heavy atom. The molecule has 92 valence electrons. The van der Waals surface area contributed by atoms with E-state index in [1.807, 2.05) is 11.8 Å². The van der Waals surface area contributed by atoms with Crippen molar-refractivity contribution in [3.8, 4) is 0 Å². The van der Waals surface area contributed by atoms with Gasteiger partial charge < -0.3 is 14.7 Å². The Labute approximate surface area is 95.4 Å². The molecule has 2 rings (SSSR count). The predicted octanol–water partition coefficient (Wildman–Crippen LogP) is -0.950. The number of nitrogens with zero attached hydrogens (tertiary/aromatic N) is 2. The summed E-state index contributed by atoms with van der Waals surface area (Å²) in [5, 5.41) is 9.13. The van der Waals surface area contributed by atoms with Gasteiger partial charge in [-0.3, -0.25) is 5.43 Å². The van der Waals surface area contributed by atoms with Crippen LogP contribution in [0, 0.1) is 0 Å². The molecule has 2 aliphatic rings. The van der Waals surface area contributed by atoms with Crippen molar-refractivity contribution in [1.82, 2.24) is 10.3 Å². The summed E-state index contributed by atoms with van der Waals surface area (Å²) >= 11 is 0. The quantitative estimate of drug-likeness (QED) is 0.246. The van der Waals surface area contributed by atoms with Gasteiger partial charge in [-0.1, -0.05) is 0 Å². The van der Waals surface area contributed by atoms with Crippen LogP contribution in [0.5, 0.6) is 0 Å². The van der Waals surface area contributed by atoms with Gasteiger partial charge in [0.25, 0.3) is 0 Å². The number of rotatable bonds is 2. The van der Waals surface area contributed by atoms with Crippen molar-refractivity contribution in [2.45, 2.75) is 38.0 Å². The Morgan fingerprint density at radius 2 is 2.31 bits per heavy atom. The first-order valence-corrected chi connectivity index (χ1v) is 5.78. The van der Waals surface area contributed by atoms with Gasteiger partial charge >= 0.3 is 0 Å². The second kappa shape index (κ2) is 4.99. The van der Waals surface area contributed by atoms with Gasteiger partial charge in [-0.15, -0.1) is 0 Å². The first-order valence-electron chi connectivity index (χ1n) is 5.78. The number of hydrogen-bond acceptors (Lipinski definition) is 4. The third-order valence-corrected chi connectivity index (χ3v) is 2.81. The second-order valence-electron chi connectivity index (χ2n) is 4.48. The summed E-state index contributed by atoms with van der Waals surface area (Å²) in [5.41, 5.74) is 2.65. The number of morpholine rings is 1. The molecular weight excluding hydrogens is 208 g/mol. The van der Waals surface area contributed by atoms with Crippen molar-refractivity contribution in [2.24, 2.45) is 10.8 Å². The number of guanidine groups is 1. The van der Waals surface area contributed by atoms with E-state index in [0.29, 0.717) is 12.6 Å². The maximum Gasteiger partial charge on any atom is 0.208 e. The third kappa shape index (κ3) is 2.84. The van der Waals surface area contributed by atoms with Gasteiger partial charge in [0.1, 0.15) is 0 Å². The number of nitrogens with two attached hydrogens (primary N) is 1. The van der Waals surface area contributed by atoms with Crippen LogP contribution in [0.25, 0.3) is 0 Å². The fraction of sp³-hybridized carbons (Fsp3) is 0.900. The second-order valence-corrected chi connectivity index (χ2v) is 4.48. The normalized spacial score (nSPS) is 31.7. The van der Waals surface area contributed by atoms with Crippen LogP contribution in [0.4, 0.5) is 0 Å². The van der Waals surface area contributed by atoms with Crippen molar-refractivity contribution < 1.29 is 9.84 Å². The maximum absolute atomic E-state index is 9.13. The molecule has 0 aromatic carbocycles. The Bertz CT molecular complexity index is 268. The summed E-state index contributed by atoms with van der Waals surface area (Å²) < 4.78 is 5.57. The zero-order chi connectivity index (χ0) is 11.5. The number of aliphatic hydroxyl groups excluding tert-OH is 1. The van der Waals surface area contributed by atoms with Crippen molar-refractivity contribution >= 4 is 5.96 Å². The Balaban J connectivity index is 2.00. The van der Waals surface area contributed by atoms with E-state index in [9.17, 15) is 0 Å². The van der Waals surface area contributed by atoms with E-state index in [1.54, 1.807) is 0 Å². The summed E-state index contributed by atoms with van der Waals surface area (Å²) in [6.45, 7) is 3.41. The lowest BCUT2D eigenvalue weighted by Crippen LogP contribution is -2.55. The molecule has 0 aromatic rings. The fourth-order valence-electron chi connectivity index (χ4n) is 1.91. The van der Waals surface area contributed by atoms with Gasteiger partial charge in [0.05, 0.1) is 24.9 Å². The summed E-state index contributed by atoms with van der Waals surface area (Å²) in [4.78, 5) is 6.55. The highest BCUT2D eigenvalue weighted by molar-refractivity contribution is 5.80. The molecule has 1 saturated carbocycles. The molecule has 0 amide bonds. The molecule has 4 N–H and O–H groups in total. The van der Waals surface area contributed by atoms with Gasteiger partial charge in [-0.05, 0) is 19.8 Å².